The number of primary amides is 2. The molecule has 0 bridgehead atoms. The van der Waals surface area contributed by atoms with Crippen LogP contribution in [0.4, 0.5) is 9.59 Å². The van der Waals surface area contributed by atoms with Crippen LogP contribution < -0.4 is 11.5 Å². The third-order valence-electron chi connectivity index (χ3n) is 13.8. The molecule has 62 heavy (non-hydrogen) atoms. The topological polar surface area (TPSA) is 105 Å². The van der Waals surface area contributed by atoms with Crippen molar-refractivity contribution in [2.45, 2.75) is 340 Å². The molecule has 0 fully saturated rings. The van der Waals surface area contributed by atoms with Crippen LogP contribution in [0.15, 0.2) is 0 Å². The molecule has 370 valence electrons. The van der Waals surface area contributed by atoms with Gasteiger partial charge in [0.1, 0.15) is 5.60 Å². The van der Waals surface area contributed by atoms with Gasteiger partial charge in [0.25, 0.3) is 0 Å². The summed E-state index contributed by atoms with van der Waals surface area (Å²) in [4.78, 5) is 23.2. The van der Waals surface area contributed by atoms with Gasteiger partial charge >= 0.3 is 12.2 Å². The molecule has 0 spiro atoms. The molecular formula is C56H112N2O4. The Balaban J connectivity index is 4.10. The van der Waals surface area contributed by atoms with E-state index in [0.717, 1.165) is 51.4 Å². The van der Waals surface area contributed by atoms with Crippen molar-refractivity contribution in [2.75, 3.05) is 6.61 Å². The lowest BCUT2D eigenvalue weighted by molar-refractivity contribution is -0.00989. The predicted molar refractivity (Wildman–Crippen MR) is 271 cm³/mol. The molecule has 0 radical (unpaired) electrons. The smallest absolute Gasteiger partial charge is 0.405 e. The quantitative estimate of drug-likeness (QED) is 0.0594. The SMILES string of the molecule is CCCCCCCCCCCCCCCCCCCCCCCCC(CCCCCCCCCCCCCCCCCCCCCCCC)(CCCCCOC(N)=O)OC(N)=O. The molecule has 6 heteroatoms. The number of hydrogen-bond donors (Lipinski definition) is 2. The van der Waals surface area contributed by atoms with E-state index in [1.807, 2.05) is 0 Å². The van der Waals surface area contributed by atoms with E-state index >= 15 is 0 Å². The van der Waals surface area contributed by atoms with Crippen molar-refractivity contribution < 1.29 is 19.1 Å². The number of ether oxygens (including phenoxy) is 2. The van der Waals surface area contributed by atoms with Gasteiger partial charge in [-0.2, -0.15) is 0 Å². The zero-order valence-electron chi connectivity index (χ0n) is 42.4. The van der Waals surface area contributed by atoms with Gasteiger partial charge in [-0.25, -0.2) is 9.59 Å². The van der Waals surface area contributed by atoms with E-state index in [2.05, 4.69) is 13.8 Å². The molecule has 0 atom stereocenters. The van der Waals surface area contributed by atoms with Gasteiger partial charge in [0.15, 0.2) is 0 Å². The summed E-state index contributed by atoms with van der Waals surface area (Å²) in [6, 6.07) is 0. The Morgan fingerprint density at radius 3 is 0.677 bits per heavy atom. The highest BCUT2D eigenvalue weighted by atomic mass is 16.6. The minimum absolute atomic E-state index is 0.345. The molecule has 0 rings (SSSR count). The number of unbranched alkanes of at least 4 members (excludes halogenated alkanes) is 44. The van der Waals surface area contributed by atoms with E-state index < -0.39 is 17.8 Å². The first kappa shape index (κ1) is 60.5. The molecule has 0 aromatic heterocycles. The van der Waals surface area contributed by atoms with E-state index in [0.29, 0.717) is 6.61 Å². The fourth-order valence-corrected chi connectivity index (χ4v) is 9.75. The van der Waals surface area contributed by atoms with Crippen LogP contribution in [0.3, 0.4) is 0 Å². The molecule has 0 aromatic rings. The minimum atomic E-state index is -0.716. The third-order valence-corrected chi connectivity index (χ3v) is 13.8. The molecule has 0 saturated carbocycles. The highest BCUT2D eigenvalue weighted by Crippen LogP contribution is 2.33. The number of carbonyl (C=O) groups excluding carboxylic acids is 2. The lowest BCUT2D eigenvalue weighted by atomic mass is 9.84. The summed E-state index contributed by atoms with van der Waals surface area (Å²) >= 11 is 0. The Hall–Kier alpha value is -1.46. The number of amides is 2. The Morgan fingerprint density at radius 1 is 0.290 bits per heavy atom. The van der Waals surface area contributed by atoms with Crippen LogP contribution in [0.1, 0.15) is 335 Å². The highest BCUT2D eigenvalue weighted by molar-refractivity contribution is 5.65. The number of hydrogen-bond acceptors (Lipinski definition) is 4. The number of carbonyl (C=O) groups is 2. The maximum Gasteiger partial charge on any atom is 0.405 e. The Labute approximate surface area is 388 Å². The first-order valence-electron chi connectivity index (χ1n) is 28.4. The Kier molecular flexibility index (Phi) is 49.3. The average molecular weight is 878 g/mol. The molecule has 6 nitrogen and oxygen atoms in total. The normalized spacial score (nSPS) is 11.7. The molecule has 4 N–H and O–H groups in total. The van der Waals surface area contributed by atoms with Gasteiger partial charge in [0.2, 0.25) is 0 Å². The van der Waals surface area contributed by atoms with Crippen molar-refractivity contribution in [1.29, 1.82) is 0 Å². The molecule has 0 aliphatic heterocycles. The number of rotatable bonds is 53. The summed E-state index contributed by atoms with van der Waals surface area (Å²) in [7, 11) is 0. The third kappa shape index (κ3) is 48.0. The van der Waals surface area contributed by atoms with Gasteiger partial charge in [-0.15, -0.1) is 0 Å². The predicted octanol–water partition coefficient (Wildman–Crippen LogP) is 19.5. The first-order chi connectivity index (χ1) is 30.5. The second-order valence-electron chi connectivity index (χ2n) is 19.9. The summed E-state index contributed by atoms with van der Waals surface area (Å²) in [5, 5.41) is 0. The molecule has 0 unspecified atom stereocenters. The van der Waals surface area contributed by atoms with Crippen molar-refractivity contribution in [1.82, 2.24) is 0 Å². The second-order valence-corrected chi connectivity index (χ2v) is 19.9. The summed E-state index contributed by atoms with van der Waals surface area (Å²) < 4.78 is 10.9. The van der Waals surface area contributed by atoms with Crippen LogP contribution in [0, 0.1) is 0 Å². The molecule has 0 aliphatic rings. The van der Waals surface area contributed by atoms with Crippen molar-refractivity contribution in [2.24, 2.45) is 11.5 Å². The van der Waals surface area contributed by atoms with Gasteiger partial charge in [0, 0.05) is 0 Å². The van der Waals surface area contributed by atoms with Gasteiger partial charge < -0.3 is 20.9 Å². The van der Waals surface area contributed by atoms with Gasteiger partial charge in [0.05, 0.1) is 6.61 Å². The van der Waals surface area contributed by atoms with Gasteiger partial charge in [-0.1, -0.05) is 284 Å². The standard InChI is InChI=1S/C56H112N2O4/c1-3-5-7-9-11-13-15-17-19-21-23-25-27-29-31-33-35-37-39-41-43-46-50-56(62-55(58)60,52-48-45-49-53-61-54(57)59)51-47-44-42-40-38-36-34-32-30-28-26-24-22-20-18-16-14-12-10-8-6-4-2/h3-53H2,1-2H3,(H2,57,59)(H2,58,60). The monoisotopic (exact) mass is 877 g/mol. The van der Waals surface area contributed by atoms with E-state index in [1.54, 1.807) is 0 Å². The maximum atomic E-state index is 12.2. The minimum Gasteiger partial charge on any atom is -0.450 e. The molecule has 2 amide bonds. The van der Waals surface area contributed by atoms with Crippen LogP contribution in [-0.4, -0.2) is 24.4 Å². The zero-order chi connectivity index (χ0) is 45.1. The van der Waals surface area contributed by atoms with Crippen molar-refractivity contribution in [3.63, 3.8) is 0 Å². The molecular weight excluding hydrogens is 765 g/mol. The van der Waals surface area contributed by atoms with Crippen LogP contribution in [0.5, 0.6) is 0 Å². The largest absolute Gasteiger partial charge is 0.450 e. The van der Waals surface area contributed by atoms with E-state index in [4.69, 9.17) is 20.9 Å². The molecule has 0 aromatic carbocycles. The van der Waals surface area contributed by atoms with Gasteiger partial charge in [-0.05, 0) is 51.4 Å². The first-order valence-corrected chi connectivity index (χ1v) is 28.4. The van der Waals surface area contributed by atoms with E-state index in [1.165, 1.54) is 270 Å². The van der Waals surface area contributed by atoms with Crippen molar-refractivity contribution >= 4 is 12.2 Å². The summed E-state index contributed by atoms with van der Waals surface area (Å²) in [6.45, 7) is 4.94. The molecule has 0 heterocycles. The fourth-order valence-electron chi connectivity index (χ4n) is 9.75. The Bertz CT molecular complexity index is 849. The highest BCUT2D eigenvalue weighted by Gasteiger charge is 2.32. The fraction of sp³-hybridized carbons (Fsp3) is 0.964. The second kappa shape index (κ2) is 50.5. The van der Waals surface area contributed by atoms with Crippen LogP contribution >= 0.6 is 0 Å². The maximum absolute atomic E-state index is 12.2. The average Bonchev–Trinajstić information content (AvgIpc) is 3.25. The van der Waals surface area contributed by atoms with Gasteiger partial charge in [-0.3, -0.25) is 0 Å². The molecule has 0 aliphatic carbocycles. The number of nitrogens with two attached hydrogens (primary N) is 2. The van der Waals surface area contributed by atoms with Crippen molar-refractivity contribution in [3.8, 4) is 0 Å². The summed E-state index contributed by atoms with van der Waals surface area (Å²) in [6.07, 6.45) is 64.7. The van der Waals surface area contributed by atoms with Crippen LogP contribution in [0.25, 0.3) is 0 Å². The summed E-state index contributed by atoms with van der Waals surface area (Å²) in [5.74, 6) is 0. The Morgan fingerprint density at radius 2 is 0.484 bits per heavy atom. The summed E-state index contributed by atoms with van der Waals surface area (Å²) in [5.41, 5.74) is 10.4. The van der Waals surface area contributed by atoms with Crippen LogP contribution in [-0.2, 0) is 9.47 Å². The van der Waals surface area contributed by atoms with Crippen LogP contribution in [0.2, 0.25) is 0 Å². The lowest BCUT2D eigenvalue weighted by Gasteiger charge is -2.33. The van der Waals surface area contributed by atoms with Crippen molar-refractivity contribution in [3.05, 3.63) is 0 Å². The van der Waals surface area contributed by atoms with E-state index in [9.17, 15) is 9.59 Å². The van der Waals surface area contributed by atoms with E-state index in [-0.39, 0.29) is 0 Å². The lowest BCUT2D eigenvalue weighted by Crippen LogP contribution is -2.37. The molecule has 0 saturated heterocycles. The zero-order valence-corrected chi connectivity index (χ0v) is 42.4.